The highest BCUT2D eigenvalue weighted by atomic mass is 32.2. The Kier molecular flexibility index (Phi) is 5.07. The topological polar surface area (TPSA) is 114 Å². The van der Waals surface area contributed by atoms with E-state index in [2.05, 4.69) is 10.6 Å². The van der Waals surface area contributed by atoms with Crippen molar-refractivity contribution in [2.24, 2.45) is 5.14 Å². The molecule has 0 unspecified atom stereocenters. The summed E-state index contributed by atoms with van der Waals surface area (Å²) in [6, 6.07) is 9.04. The van der Waals surface area contributed by atoms with Crippen molar-refractivity contribution in [3.8, 4) is 0 Å². The molecule has 0 radical (unpaired) electrons. The summed E-state index contributed by atoms with van der Waals surface area (Å²) in [5.74, 6) is 1.46. The zero-order valence-corrected chi connectivity index (χ0v) is 13.7. The van der Waals surface area contributed by atoms with Gasteiger partial charge in [-0.25, -0.2) is 18.4 Å². The number of urea groups is 1. The molecule has 2 aromatic rings. The van der Waals surface area contributed by atoms with Gasteiger partial charge in [0.15, 0.2) is 0 Å². The number of amides is 2. The first-order valence-corrected chi connectivity index (χ1v) is 8.53. The molecular weight excluding hydrogens is 318 g/mol. The first-order chi connectivity index (χ1) is 10.8. The number of rotatable bonds is 5. The van der Waals surface area contributed by atoms with E-state index in [-0.39, 0.29) is 23.5 Å². The number of hydrogen-bond donors (Lipinski definition) is 3. The fourth-order valence-corrected chi connectivity index (χ4v) is 2.50. The van der Waals surface area contributed by atoms with Crippen LogP contribution in [0.3, 0.4) is 0 Å². The average Bonchev–Trinajstić information content (AvgIpc) is 2.91. The predicted molar refractivity (Wildman–Crippen MR) is 85.0 cm³/mol. The van der Waals surface area contributed by atoms with Crippen molar-refractivity contribution in [1.82, 2.24) is 10.6 Å². The smallest absolute Gasteiger partial charge is 0.315 e. The van der Waals surface area contributed by atoms with Crippen LogP contribution in [-0.2, 0) is 16.6 Å². The lowest BCUT2D eigenvalue weighted by atomic mass is 10.2. The fourth-order valence-electron chi connectivity index (χ4n) is 1.98. The normalized spacial score (nSPS) is 12.7. The second kappa shape index (κ2) is 6.84. The maximum Gasteiger partial charge on any atom is 0.315 e. The van der Waals surface area contributed by atoms with Gasteiger partial charge in [-0.15, -0.1) is 0 Å². The Morgan fingerprint density at radius 3 is 2.39 bits per heavy atom. The molecule has 7 nitrogen and oxygen atoms in total. The van der Waals surface area contributed by atoms with E-state index in [4.69, 9.17) is 9.56 Å². The van der Waals surface area contributed by atoms with Gasteiger partial charge in [-0.05, 0) is 43.7 Å². The minimum absolute atomic E-state index is 0.0347. The molecule has 1 atom stereocenters. The molecule has 23 heavy (non-hydrogen) atoms. The third-order valence-corrected chi connectivity index (χ3v) is 4.17. The molecule has 0 saturated heterocycles. The number of carbonyl (C=O) groups excluding carboxylic acids is 1. The van der Waals surface area contributed by atoms with Crippen LogP contribution in [0.1, 0.15) is 30.0 Å². The molecule has 8 heteroatoms. The highest BCUT2D eigenvalue weighted by Gasteiger charge is 2.12. The highest BCUT2D eigenvalue weighted by Crippen LogP contribution is 2.15. The van der Waals surface area contributed by atoms with Crippen LogP contribution in [0, 0.1) is 6.92 Å². The predicted octanol–water partition coefficient (Wildman–Crippen LogP) is 1.80. The van der Waals surface area contributed by atoms with E-state index in [0.717, 1.165) is 11.3 Å². The van der Waals surface area contributed by atoms with Crippen molar-refractivity contribution in [3.63, 3.8) is 0 Å². The summed E-state index contributed by atoms with van der Waals surface area (Å²) in [5.41, 5.74) is 0.758. The van der Waals surface area contributed by atoms with Crippen LogP contribution in [-0.4, -0.2) is 14.4 Å². The van der Waals surface area contributed by atoms with E-state index >= 15 is 0 Å². The summed E-state index contributed by atoms with van der Waals surface area (Å²) in [4.78, 5) is 11.9. The Labute approximate surface area is 134 Å². The quantitative estimate of drug-likeness (QED) is 0.771. The number of furan rings is 1. The summed E-state index contributed by atoms with van der Waals surface area (Å²) >= 11 is 0. The Balaban J connectivity index is 1.87. The van der Waals surface area contributed by atoms with Crippen molar-refractivity contribution in [2.75, 3.05) is 0 Å². The first-order valence-electron chi connectivity index (χ1n) is 6.98. The zero-order valence-electron chi connectivity index (χ0n) is 12.9. The number of hydrogen-bond acceptors (Lipinski definition) is 4. The lowest BCUT2D eigenvalue weighted by Gasteiger charge is -2.12. The van der Waals surface area contributed by atoms with Crippen LogP contribution in [0.2, 0.25) is 0 Å². The second-order valence-corrected chi connectivity index (χ2v) is 6.75. The molecule has 1 heterocycles. The maximum absolute atomic E-state index is 11.9. The number of nitrogens with one attached hydrogen (secondary N) is 2. The monoisotopic (exact) mass is 337 g/mol. The van der Waals surface area contributed by atoms with E-state index in [1.165, 1.54) is 12.1 Å². The Bertz CT molecular complexity index is 781. The Morgan fingerprint density at radius 2 is 1.87 bits per heavy atom. The van der Waals surface area contributed by atoms with E-state index in [0.29, 0.717) is 5.76 Å². The molecule has 0 saturated carbocycles. The number of sulfonamides is 1. The molecule has 0 fully saturated rings. The largest absolute Gasteiger partial charge is 0.464 e. The lowest BCUT2D eigenvalue weighted by molar-refractivity contribution is 0.235. The Hall–Kier alpha value is -2.32. The van der Waals surface area contributed by atoms with E-state index < -0.39 is 10.0 Å². The summed E-state index contributed by atoms with van der Waals surface area (Å²) in [6.07, 6.45) is 0. The van der Waals surface area contributed by atoms with Gasteiger partial charge in [0.05, 0.1) is 10.9 Å². The maximum atomic E-state index is 11.9. The van der Waals surface area contributed by atoms with Gasteiger partial charge < -0.3 is 15.1 Å². The minimum Gasteiger partial charge on any atom is -0.464 e. The van der Waals surface area contributed by atoms with Crippen LogP contribution in [0.5, 0.6) is 0 Å². The molecule has 4 N–H and O–H groups in total. The van der Waals surface area contributed by atoms with Gasteiger partial charge in [0, 0.05) is 6.54 Å². The molecular formula is C15H19N3O4S. The van der Waals surface area contributed by atoms with E-state index in [1.807, 2.05) is 26.0 Å². The molecule has 0 bridgehead atoms. The van der Waals surface area contributed by atoms with Crippen LogP contribution >= 0.6 is 0 Å². The van der Waals surface area contributed by atoms with Gasteiger partial charge in [-0.1, -0.05) is 12.1 Å². The number of nitrogens with two attached hydrogens (primary N) is 1. The second-order valence-electron chi connectivity index (χ2n) is 5.19. The molecule has 0 aliphatic rings. The summed E-state index contributed by atoms with van der Waals surface area (Å²) in [6.45, 7) is 3.92. The lowest BCUT2D eigenvalue weighted by Crippen LogP contribution is -2.36. The van der Waals surface area contributed by atoms with Crippen LogP contribution in [0.4, 0.5) is 4.79 Å². The average molecular weight is 337 g/mol. The third kappa shape index (κ3) is 4.83. The Morgan fingerprint density at radius 1 is 1.22 bits per heavy atom. The van der Waals surface area contributed by atoms with Gasteiger partial charge in [-0.2, -0.15) is 0 Å². The number of aryl methyl sites for hydroxylation is 1. The molecule has 2 rings (SSSR count). The number of benzene rings is 1. The van der Waals surface area contributed by atoms with Crippen LogP contribution in [0.15, 0.2) is 45.7 Å². The van der Waals surface area contributed by atoms with Gasteiger partial charge >= 0.3 is 6.03 Å². The van der Waals surface area contributed by atoms with Gasteiger partial charge in [0.2, 0.25) is 10.0 Å². The van der Waals surface area contributed by atoms with Crippen molar-refractivity contribution in [2.45, 2.75) is 31.3 Å². The van der Waals surface area contributed by atoms with Crippen LogP contribution < -0.4 is 15.8 Å². The zero-order chi connectivity index (χ0) is 17.0. The highest BCUT2D eigenvalue weighted by molar-refractivity contribution is 7.89. The van der Waals surface area contributed by atoms with Crippen LogP contribution in [0.25, 0.3) is 0 Å². The first kappa shape index (κ1) is 17.0. The van der Waals surface area contributed by atoms with Crippen molar-refractivity contribution < 1.29 is 17.6 Å². The van der Waals surface area contributed by atoms with Crippen molar-refractivity contribution in [1.29, 1.82) is 0 Å². The summed E-state index contributed by atoms with van der Waals surface area (Å²) in [7, 11) is -3.71. The van der Waals surface area contributed by atoms with E-state index in [9.17, 15) is 13.2 Å². The number of primary sulfonamides is 1. The molecule has 0 aliphatic carbocycles. The minimum atomic E-state index is -3.71. The van der Waals surface area contributed by atoms with Gasteiger partial charge in [-0.3, -0.25) is 0 Å². The third-order valence-electron chi connectivity index (χ3n) is 3.24. The standard InChI is InChI=1S/C15H19N3O4S/c1-10-3-8-14(22-10)11(2)18-15(19)17-9-12-4-6-13(7-5-12)23(16,20)21/h3-8,11H,9H2,1-2H3,(H2,16,20,21)(H2,17,18,19)/t11-/m1/s1. The molecule has 124 valence electrons. The molecule has 2 amide bonds. The molecule has 0 aliphatic heterocycles. The fraction of sp³-hybridized carbons (Fsp3) is 0.267. The molecule has 1 aromatic heterocycles. The molecule has 0 spiro atoms. The van der Waals surface area contributed by atoms with Crippen molar-refractivity contribution in [3.05, 3.63) is 53.5 Å². The van der Waals surface area contributed by atoms with Gasteiger partial charge in [0.25, 0.3) is 0 Å². The van der Waals surface area contributed by atoms with E-state index in [1.54, 1.807) is 12.1 Å². The van der Waals surface area contributed by atoms with Crippen molar-refractivity contribution >= 4 is 16.1 Å². The number of carbonyl (C=O) groups is 1. The van der Waals surface area contributed by atoms with Gasteiger partial charge in [0.1, 0.15) is 11.5 Å². The SMILES string of the molecule is Cc1ccc([C@@H](C)NC(=O)NCc2ccc(S(N)(=O)=O)cc2)o1. The summed E-state index contributed by atoms with van der Waals surface area (Å²) in [5, 5.41) is 10.5. The molecule has 1 aromatic carbocycles. The summed E-state index contributed by atoms with van der Waals surface area (Å²) < 4.78 is 27.8.